The first-order valence-electron chi connectivity index (χ1n) is 10.8. The van der Waals surface area contributed by atoms with Crippen LogP contribution in [-0.2, 0) is 16.1 Å². The Hall–Kier alpha value is -2.86. The zero-order valence-electron chi connectivity index (χ0n) is 18.7. The molecular formula is C26H29BrN2O3. The van der Waals surface area contributed by atoms with E-state index in [-0.39, 0.29) is 24.5 Å². The van der Waals surface area contributed by atoms with E-state index in [1.54, 1.807) is 11.8 Å². The van der Waals surface area contributed by atoms with Crippen molar-refractivity contribution in [3.8, 4) is 5.75 Å². The average Bonchev–Trinajstić information content (AvgIpc) is 2.82. The zero-order chi connectivity index (χ0) is 23.1. The summed E-state index contributed by atoms with van der Waals surface area (Å²) in [6.07, 6.45) is 0.824. The molecule has 6 heteroatoms. The van der Waals surface area contributed by atoms with E-state index in [1.807, 2.05) is 80.6 Å². The third-order valence-corrected chi connectivity index (χ3v) is 6.36. The van der Waals surface area contributed by atoms with Crippen molar-refractivity contribution < 1.29 is 14.3 Å². The van der Waals surface area contributed by atoms with E-state index >= 15 is 0 Å². The van der Waals surface area contributed by atoms with Gasteiger partial charge in [-0.15, -0.1) is 0 Å². The number of nitrogens with zero attached hydrogens (tertiary/aromatic N) is 1. The van der Waals surface area contributed by atoms with E-state index in [0.29, 0.717) is 12.3 Å². The van der Waals surface area contributed by atoms with Crippen molar-refractivity contribution in [3.63, 3.8) is 0 Å². The monoisotopic (exact) mass is 496 g/mol. The molecule has 3 aromatic rings. The van der Waals surface area contributed by atoms with Gasteiger partial charge in [-0.2, -0.15) is 0 Å². The molecule has 1 N–H and O–H groups in total. The normalized spacial score (nSPS) is 12.8. The van der Waals surface area contributed by atoms with Crippen LogP contribution < -0.4 is 10.1 Å². The summed E-state index contributed by atoms with van der Waals surface area (Å²) in [4.78, 5) is 27.5. The summed E-state index contributed by atoms with van der Waals surface area (Å²) in [6, 6.07) is 20.8. The van der Waals surface area contributed by atoms with Gasteiger partial charge in [0, 0.05) is 12.6 Å². The predicted octanol–water partition coefficient (Wildman–Crippen LogP) is 5.31. The smallest absolute Gasteiger partial charge is 0.261 e. The number of hydrogen-bond donors (Lipinski definition) is 1. The molecule has 32 heavy (non-hydrogen) atoms. The summed E-state index contributed by atoms with van der Waals surface area (Å²) in [7, 11) is 0. The van der Waals surface area contributed by atoms with Crippen LogP contribution >= 0.6 is 15.9 Å². The molecule has 0 saturated carbocycles. The van der Waals surface area contributed by atoms with Gasteiger partial charge in [0.15, 0.2) is 6.61 Å². The Labute approximate surface area is 197 Å². The SMILES string of the molecule is CC[C@H](C)NC(=O)[C@@H](C)N(Cc1ccccc1)C(=O)COc1ccc2ccccc2c1Br. The van der Waals surface area contributed by atoms with E-state index < -0.39 is 6.04 Å². The first kappa shape index (κ1) is 23.8. The minimum Gasteiger partial charge on any atom is -0.483 e. The Balaban J connectivity index is 1.77. The number of carbonyl (C=O) groups excluding carboxylic acids is 2. The van der Waals surface area contributed by atoms with Gasteiger partial charge in [0.2, 0.25) is 5.91 Å². The molecule has 0 heterocycles. The first-order chi connectivity index (χ1) is 15.4. The van der Waals surface area contributed by atoms with Crippen LogP contribution in [0.5, 0.6) is 5.75 Å². The lowest BCUT2D eigenvalue weighted by Crippen LogP contribution is -2.50. The van der Waals surface area contributed by atoms with Gasteiger partial charge in [-0.05, 0) is 58.6 Å². The van der Waals surface area contributed by atoms with E-state index in [4.69, 9.17) is 4.74 Å². The Morgan fingerprint density at radius 2 is 1.69 bits per heavy atom. The summed E-state index contributed by atoms with van der Waals surface area (Å²) < 4.78 is 6.69. The molecule has 2 amide bonds. The number of ether oxygens (including phenoxy) is 1. The molecule has 168 valence electrons. The van der Waals surface area contributed by atoms with Crippen molar-refractivity contribution in [2.45, 2.75) is 45.8 Å². The minimum atomic E-state index is -0.625. The maximum absolute atomic E-state index is 13.2. The maximum atomic E-state index is 13.2. The number of fused-ring (bicyclic) bond motifs is 1. The second kappa shape index (κ2) is 11.1. The van der Waals surface area contributed by atoms with E-state index in [2.05, 4.69) is 21.2 Å². The standard InChI is InChI=1S/C26H29BrN2O3/c1-4-18(2)28-26(31)19(3)29(16-20-10-6-5-7-11-20)24(30)17-32-23-15-14-21-12-8-9-13-22(21)25(23)27/h5-15,18-19H,4,16-17H2,1-3H3,(H,28,31)/t18-,19+/m0/s1. The Morgan fingerprint density at radius 1 is 1.00 bits per heavy atom. The Bertz CT molecular complexity index is 1070. The lowest BCUT2D eigenvalue weighted by atomic mass is 10.1. The maximum Gasteiger partial charge on any atom is 0.261 e. The summed E-state index contributed by atoms with van der Waals surface area (Å²) in [6.45, 7) is 5.89. The van der Waals surface area contributed by atoms with Crippen LogP contribution in [0.15, 0.2) is 71.2 Å². The molecule has 3 aromatic carbocycles. The van der Waals surface area contributed by atoms with Crippen molar-refractivity contribution in [1.29, 1.82) is 0 Å². The number of benzene rings is 3. The van der Waals surface area contributed by atoms with Gasteiger partial charge in [-0.3, -0.25) is 9.59 Å². The van der Waals surface area contributed by atoms with Gasteiger partial charge < -0.3 is 15.0 Å². The fraction of sp³-hybridized carbons (Fsp3) is 0.308. The number of carbonyl (C=O) groups is 2. The molecule has 0 aliphatic carbocycles. The molecule has 0 aromatic heterocycles. The Morgan fingerprint density at radius 3 is 2.41 bits per heavy atom. The topological polar surface area (TPSA) is 58.6 Å². The molecule has 5 nitrogen and oxygen atoms in total. The predicted molar refractivity (Wildman–Crippen MR) is 131 cm³/mol. The molecule has 0 spiro atoms. The Kier molecular flexibility index (Phi) is 8.28. The van der Waals surface area contributed by atoms with Crippen molar-refractivity contribution in [2.24, 2.45) is 0 Å². The fourth-order valence-electron chi connectivity index (χ4n) is 3.38. The van der Waals surface area contributed by atoms with Gasteiger partial charge in [0.25, 0.3) is 5.91 Å². The molecule has 0 aliphatic rings. The number of hydrogen-bond acceptors (Lipinski definition) is 3. The van der Waals surface area contributed by atoms with Crippen molar-refractivity contribution in [2.75, 3.05) is 6.61 Å². The zero-order valence-corrected chi connectivity index (χ0v) is 20.3. The molecule has 0 radical (unpaired) electrons. The van der Waals surface area contributed by atoms with Crippen LogP contribution in [0.25, 0.3) is 10.8 Å². The summed E-state index contributed by atoms with van der Waals surface area (Å²) in [5.74, 6) is 0.171. The molecule has 0 fully saturated rings. The molecule has 2 atom stereocenters. The highest BCUT2D eigenvalue weighted by Gasteiger charge is 2.27. The van der Waals surface area contributed by atoms with Gasteiger partial charge >= 0.3 is 0 Å². The van der Waals surface area contributed by atoms with E-state index in [9.17, 15) is 9.59 Å². The lowest BCUT2D eigenvalue weighted by molar-refractivity contribution is -0.142. The van der Waals surface area contributed by atoms with Gasteiger partial charge in [0.05, 0.1) is 4.47 Å². The lowest BCUT2D eigenvalue weighted by Gasteiger charge is -2.29. The van der Waals surface area contributed by atoms with E-state index in [1.165, 1.54) is 0 Å². The van der Waals surface area contributed by atoms with Crippen molar-refractivity contribution in [1.82, 2.24) is 10.2 Å². The number of amides is 2. The van der Waals surface area contributed by atoms with Gasteiger partial charge in [-0.25, -0.2) is 0 Å². The van der Waals surface area contributed by atoms with Crippen molar-refractivity contribution in [3.05, 3.63) is 76.8 Å². The highest BCUT2D eigenvalue weighted by molar-refractivity contribution is 9.10. The van der Waals surface area contributed by atoms with Crippen LogP contribution in [0.3, 0.4) is 0 Å². The second-order valence-electron chi connectivity index (χ2n) is 7.89. The molecule has 3 rings (SSSR count). The molecule has 0 unspecified atom stereocenters. The quantitative estimate of drug-likeness (QED) is 0.436. The van der Waals surface area contributed by atoms with Crippen LogP contribution in [0.2, 0.25) is 0 Å². The number of nitrogens with one attached hydrogen (secondary N) is 1. The van der Waals surface area contributed by atoms with Gasteiger partial charge in [-0.1, -0.05) is 67.6 Å². The summed E-state index contributed by atoms with van der Waals surface area (Å²) in [5.41, 5.74) is 0.955. The molecule has 0 saturated heterocycles. The van der Waals surface area contributed by atoms with Crippen LogP contribution in [0.4, 0.5) is 0 Å². The largest absolute Gasteiger partial charge is 0.483 e. The molecule has 0 bridgehead atoms. The number of rotatable bonds is 9. The highest BCUT2D eigenvalue weighted by Crippen LogP contribution is 2.33. The molecule has 0 aliphatic heterocycles. The highest BCUT2D eigenvalue weighted by atomic mass is 79.9. The minimum absolute atomic E-state index is 0.0448. The fourth-order valence-corrected chi connectivity index (χ4v) is 3.98. The third-order valence-electron chi connectivity index (χ3n) is 5.54. The average molecular weight is 497 g/mol. The van der Waals surface area contributed by atoms with Crippen molar-refractivity contribution >= 4 is 38.5 Å². The van der Waals surface area contributed by atoms with Crippen LogP contribution in [0.1, 0.15) is 32.8 Å². The van der Waals surface area contributed by atoms with E-state index in [0.717, 1.165) is 27.2 Å². The summed E-state index contributed by atoms with van der Waals surface area (Å²) in [5, 5.41) is 5.07. The van der Waals surface area contributed by atoms with Crippen LogP contribution in [-0.4, -0.2) is 35.4 Å². The second-order valence-corrected chi connectivity index (χ2v) is 8.68. The first-order valence-corrected chi connectivity index (χ1v) is 11.6. The number of halogens is 1. The van der Waals surface area contributed by atoms with Gasteiger partial charge in [0.1, 0.15) is 11.8 Å². The molecular weight excluding hydrogens is 468 g/mol. The summed E-state index contributed by atoms with van der Waals surface area (Å²) >= 11 is 3.60. The third kappa shape index (κ3) is 5.88. The van der Waals surface area contributed by atoms with Crippen LogP contribution in [0, 0.1) is 0 Å².